The minimum Gasteiger partial charge on any atom is -0.481 e. The molecule has 6 N–H and O–H groups in total. The highest BCUT2D eigenvalue weighted by Crippen LogP contribution is 2.78. The molecule has 62 heavy (non-hydrogen) atoms. The first-order valence-electron chi connectivity index (χ1n) is 22.4. The molecule has 0 aliphatic heterocycles. The Bertz CT molecular complexity index is 1890. The van der Waals surface area contributed by atoms with Crippen molar-refractivity contribution >= 4 is 47.2 Å². The average molecular weight is 900 g/mol. The quantitative estimate of drug-likeness (QED) is 0.179. The number of amides is 4. The third-order valence-corrected chi connectivity index (χ3v) is 18.3. The SMILES string of the molecule is CC(=O)O.CC(=O)O.CC(Cl)(CCl)[C@@H]1CC[C@]2(CN(Cc3ccccn3)C(N)=O)CC[C@]3(C)[C@H](CC[C@@H]4[C@@]5(C)CCC(N(Cc6ccccn6)C(N)=O)C(C)(C)[C@@H]5CC[C@]43C)[C@@H]12. The Labute approximate surface area is 379 Å². The zero-order chi connectivity index (χ0) is 46.1. The highest BCUT2D eigenvalue weighted by Gasteiger charge is 2.72. The number of carboxylic acids is 2. The third-order valence-electron chi connectivity index (χ3n) is 17.2. The lowest BCUT2D eigenvalue weighted by Crippen LogP contribution is -2.68. The van der Waals surface area contributed by atoms with Crippen LogP contribution in [0.25, 0.3) is 0 Å². The van der Waals surface area contributed by atoms with Gasteiger partial charge in [-0.05, 0) is 152 Å². The molecule has 11 atom stereocenters. The summed E-state index contributed by atoms with van der Waals surface area (Å²) in [6, 6.07) is 11.0. The zero-order valence-corrected chi connectivity index (χ0v) is 39.7. The second-order valence-electron chi connectivity index (χ2n) is 20.8. The van der Waals surface area contributed by atoms with Crippen molar-refractivity contribution in [3.8, 4) is 0 Å². The number of carbonyl (C=O) groups is 4. The van der Waals surface area contributed by atoms with Crippen LogP contribution in [0.5, 0.6) is 0 Å². The Kier molecular flexibility index (Phi) is 15.0. The van der Waals surface area contributed by atoms with E-state index >= 15 is 0 Å². The van der Waals surface area contributed by atoms with Gasteiger partial charge in [0.15, 0.2) is 0 Å². The monoisotopic (exact) mass is 898 g/mol. The molecule has 0 aromatic carbocycles. The van der Waals surface area contributed by atoms with Gasteiger partial charge in [0.1, 0.15) is 0 Å². The molecule has 5 saturated carbocycles. The van der Waals surface area contributed by atoms with Crippen LogP contribution in [0.2, 0.25) is 0 Å². The van der Waals surface area contributed by atoms with Crippen molar-refractivity contribution in [3.05, 3.63) is 60.2 Å². The fourth-order valence-corrected chi connectivity index (χ4v) is 15.1. The summed E-state index contributed by atoms with van der Waals surface area (Å²) < 4.78 is 0. The summed E-state index contributed by atoms with van der Waals surface area (Å²) in [4.78, 5) is 56.6. The van der Waals surface area contributed by atoms with Crippen LogP contribution in [-0.4, -0.2) is 77.3 Å². The number of rotatable bonds is 9. The van der Waals surface area contributed by atoms with E-state index in [1.165, 1.54) is 12.8 Å². The van der Waals surface area contributed by atoms with Crippen molar-refractivity contribution < 1.29 is 29.4 Å². The molecular formula is C48H72Cl2N6O6. The number of hydrogen-bond acceptors (Lipinski definition) is 6. The number of carboxylic acid groups (broad SMARTS) is 2. The van der Waals surface area contributed by atoms with E-state index in [1.807, 2.05) is 46.2 Å². The molecule has 5 aliphatic rings. The van der Waals surface area contributed by atoms with Crippen LogP contribution in [0.3, 0.4) is 0 Å². The number of nitrogens with zero attached hydrogens (tertiary/aromatic N) is 4. The lowest BCUT2D eigenvalue weighted by molar-refractivity contribution is -0.244. The summed E-state index contributed by atoms with van der Waals surface area (Å²) in [7, 11) is 0. The van der Waals surface area contributed by atoms with Crippen LogP contribution >= 0.6 is 23.2 Å². The minimum atomic E-state index is -0.833. The van der Waals surface area contributed by atoms with Crippen LogP contribution in [0, 0.1) is 56.7 Å². The summed E-state index contributed by atoms with van der Waals surface area (Å²) in [6.45, 7) is 18.5. The summed E-state index contributed by atoms with van der Waals surface area (Å²) in [5.41, 5.74) is 14.2. The normalized spacial score (nSPS) is 34.9. The molecule has 0 radical (unpaired) electrons. The molecular weight excluding hydrogens is 827 g/mol. The molecule has 344 valence electrons. The van der Waals surface area contributed by atoms with Crippen molar-refractivity contribution in [2.75, 3.05) is 12.4 Å². The molecule has 5 aliphatic carbocycles. The molecule has 14 heteroatoms. The number of nitrogens with two attached hydrogens (primary N) is 2. The Morgan fingerprint density at radius 1 is 0.758 bits per heavy atom. The van der Waals surface area contributed by atoms with Gasteiger partial charge < -0.3 is 31.5 Å². The van der Waals surface area contributed by atoms with Crippen LogP contribution in [-0.2, 0) is 22.7 Å². The molecule has 5 fully saturated rings. The van der Waals surface area contributed by atoms with Crippen LogP contribution in [0.15, 0.2) is 48.8 Å². The van der Waals surface area contributed by atoms with Gasteiger partial charge in [-0.3, -0.25) is 19.6 Å². The maximum absolute atomic E-state index is 13.1. The van der Waals surface area contributed by atoms with E-state index in [2.05, 4.69) is 51.5 Å². The van der Waals surface area contributed by atoms with Gasteiger partial charge in [-0.25, -0.2) is 9.59 Å². The molecule has 0 saturated heterocycles. The number of primary amides is 2. The molecule has 4 amide bonds. The Morgan fingerprint density at radius 3 is 1.85 bits per heavy atom. The first-order valence-corrected chi connectivity index (χ1v) is 23.4. The molecule has 0 bridgehead atoms. The lowest BCUT2D eigenvalue weighted by Gasteiger charge is -2.73. The van der Waals surface area contributed by atoms with Crippen molar-refractivity contribution in [3.63, 3.8) is 0 Å². The largest absolute Gasteiger partial charge is 0.481 e. The third kappa shape index (κ3) is 9.43. The maximum atomic E-state index is 13.1. The number of aliphatic carboxylic acids is 2. The van der Waals surface area contributed by atoms with Crippen LogP contribution < -0.4 is 11.5 Å². The number of fused-ring (bicyclic) bond motifs is 7. The Hall–Kier alpha value is -3.64. The highest BCUT2D eigenvalue weighted by molar-refractivity contribution is 6.30. The summed E-state index contributed by atoms with van der Waals surface area (Å²) >= 11 is 14.2. The number of hydrogen-bond donors (Lipinski definition) is 4. The molecule has 7 rings (SSSR count). The van der Waals surface area contributed by atoms with Gasteiger partial charge in [0.05, 0.1) is 29.4 Å². The number of alkyl halides is 2. The average Bonchev–Trinajstić information content (AvgIpc) is 3.58. The molecule has 2 unspecified atom stereocenters. The fourth-order valence-electron chi connectivity index (χ4n) is 14.6. The van der Waals surface area contributed by atoms with Crippen LogP contribution in [0.1, 0.15) is 131 Å². The van der Waals surface area contributed by atoms with E-state index < -0.39 is 16.8 Å². The summed E-state index contributed by atoms with van der Waals surface area (Å²) in [5, 5.41) is 14.8. The van der Waals surface area contributed by atoms with Crippen molar-refractivity contribution in [1.82, 2.24) is 19.8 Å². The van der Waals surface area contributed by atoms with E-state index in [9.17, 15) is 9.59 Å². The summed E-state index contributed by atoms with van der Waals surface area (Å²) in [5.74, 6) is 0.838. The minimum absolute atomic E-state index is 0.0529. The zero-order valence-electron chi connectivity index (χ0n) is 38.2. The van der Waals surface area contributed by atoms with Gasteiger partial charge >= 0.3 is 12.1 Å². The van der Waals surface area contributed by atoms with Gasteiger partial charge in [0.2, 0.25) is 0 Å². The first kappa shape index (κ1) is 49.4. The Morgan fingerprint density at radius 2 is 1.34 bits per heavy atom. The second kappa shape index (κ2) is 18.8. The predicted octanol–water partition coefficient (Wildman–Crippen LogP) is 9.81. The van der Waals surface area contributed by atoms with Crippen molar-refractivity contribution in [2.24, 2.45) is 68.1 Å². The highest BCUT2D eigenvalue weighted by atomic mass is 35.5. The van der Waals surface area contributed by atoms with E-state index in [0.29, 0.717) is 49.2 Å². The van der Waals surface area contributed by atoms with E-state index in [4.69, 9.17) is 54.5 Å². The van der Waals surface area contributed by atoms with Crippen LogP contribution in [0.4, 0.5) is 9.59 Å². The van der Waals surface area contributed by atoms with Gasteiger partial charge in [-0.15, -0.1) is 23.2 Å². The standard InChI is InChI=1S/C44H64Cl2N6O2.2C2H4O2/c1-39(2)33-16-19-42(5)34(40(33,3)18-17-35(39)52(38(48)54)26-30-12-8-10-24-50-30)14-13-31-36-32(43(6,46)27-45)15-20-44(36,22-21-41(31,42)4)28-51(37(47)53)25-29-11-7-9-23-49-29;2*1-2(3)4/h7-12,23-24,31-36H,13-22,25-28H2,1-6H3,(H2,47,53)(H2,48,54);2*1H3,(H,3,4)/t31-,32-,33+,34-,35?,36+,40+,41-,42-,43?,44-;;/m1../s1. The number of aromatic nitrogens is 2. The number of pyridine rings is 2. The van der Waals surface area contributed by atoms with E-state index in [1.54, 1.807) is 12.4 Å². The number of halogens is 2. The predicted molar refractivity (Wildman–Crippen MR) is 243 cm³/mol. The maximum Gasteiger partial charge on any atom is 0.315 e. The summed E-state index contributed by atoms with van der Waals surface area (Å²) in [6.07, 6.45) is 14.5. The molecule has 0 spiro atoms. The molecule has 2 heterocycles. The van der Waals surface area contributed by atoms with Crippen molar-refractivity contribution in [2.45, 2.75) is 144 Å². The topological polar surface area (TPSA) is 193 Å². The van der Waals surface area contributed by atoms with E-state index in [-0.39, 0.29) is 51.1 Å². The Balaban J connectivity index is 0.000000836. The van der Waals surface area contributed by atoms with Gasteiger partial charge in [-0.2, -0.15) is 0 Å². The van der Waals surface area contributed by atoms with Crippen molar-refractivity contribution in [1.29, 1.82) is 0 Å². The first-order chi connectivity index (χ1) is 28.9. The van der Waals surface area contributed by atoms with Gasteiger partial charge in [-0.1, -0.05) is 46.8 Å². The molecule has 2 aromatic rings. The molecule has 2 aromatic heterocycles. The van der Waals surface area contributed by atoms with Gasteiger partial charge in [0.25, 0.3) is 11.9 Å². The number of urea groups is 2. The van der Waals surface area contributed by atoms with Gasteiger partial charge in [0, 0.05) is 44.7 Å². The smallest absolute Gasteiger partial charge is 0.315 e. The lowest BCUT2D eigenvalue weighted by atomic mass is 9.32. The number of carbonyl (C=O) groups excluding carboxylic acids is 2. The molecule has 12 nitrogen and oxygen atoms in total. The second-order valence-corrected chi connectivity index (χ2v) is 22.0. The van der Waals surface area contributed by atoms with E-state index in [0.717, 1.165) is 76.6 Å². The fraction of sp³-hybridized carbons (Fsp3) is 0.708.